The Kier molecular flexibility index (Phi) is 4.68. The lowest BCUT2D eigenvalue weighted by molar-refractivity contribution is 0.0953. The molecule has 4 nitrogen and oxygen atoms in total. The molecule has 1 saturated heterocycles. The van der Waals surface area contributed by atoms with Crippen molar-refractivity contribution in [1.82, 2.24) is 5.32 Å². The molecule has 0 radical (unpaired) electrons. The Balaban J connectivity index is 2.02. The van der Waals surface area contributed by atoms with Crippen molar-refractivity contribution in [2.75, 3.05) is 12.3 Å². The molecule has 0 aromatic heterocycles. The van der Waals surface area contributed by atoms with E-state index in [1.54, 1.807) is 12.1 Å². The van der Waals surface area contributed by atoms with Crippen molar-refractivity contribution in [1.29, 1.82) is 0 Å². The van der Waals surface area contributed by atoms with Gasteiger partial charge in [0.1, 0.15) is 0 Å². The van der Waals surface area contributed by atoms with Crippen molar-refractivity contribution in [3.8, 4) is 0 Å². The number of carbonyl (C=O) groups excluding carboxylic acids is 1. The molecule has 2 rings (SSSR count). The lowest BCUT2D eigenvalue weighted by Gasteiger charge is -2.11. The summed E-state index contributed by atoms with van der Waals surface area (Å²) in [5.41, 5.74) is 0.497. The molecule has 1 aliphatic heterocycles. The normalized spacial score (nSPS) is 21.3. The van der Waals surface area contributed by atoms with Crippen LogP contribution < -0.4 is 5.32 Å². The Hall–Kier alpha value is -0.400. The summed E-state index contributed by atoms with van der Waals surface area (Å²) in [7, 11) is -3.01. The van der Waals surface area contributed by atoms with Gasteiger partial charge in [-0.1, -0.05) is 31.9 Å². The maximum Gasteiger partial charge on any atom is 0.251 e. The second kappa shape index (κ2) is 5.93. The summed E-state index contributed by atoms with van der Waals surface area (Å²) in [5.74, 6) is -0.0280. The largest absolute Gasteiger partial charge is 0.351 e. The van der Waals surface area contributed by atoms with Crippen LogP contribution in [-0.2, 0) is 9.84 Å². The Labute approximate surface area is 129 Å². The SMILES string of the molecule is O=C(NCC1CCCS1(=O)=O)c1cc(Br)cc(Br)c1. The number of benzene rings is 1. The van der Waals surface area contributed by atoms with Crippen molar-refractivity contribution in [3.05, 3.63) is 32.7 Å². The summed E-state index contributed by atoms with van der Waals surface area (Å²) in [4.78, 5) is 12.0. The zero-order valence-corrected chi connectivity index (χ0v) is 14.0. The van der Waals surface area contributed by atoms with Crippen LogP contribution in [-0.4, -0.2) is 31.9 Å². The second-order valence-electron chi connectivity index (χ2n) is 4.50. The summed E-state index contributed by atoms with van der Waals surface area (Å²) >= 11 is 6.62. The minimum Gasteiger partial charge on any atom is -0.351 e. The summed E-state index contributed by atoms with van der Waals surface area (Å²) < 4.78 is 24.9. The van der Waals surface area contributed by atoms with Crippen molar-refractivity contribution in [2.45, 2.75) is 18.1 Å². The van der Waals surface area contributed by atoms with Gasteiger partial charge in [-0.05, 0) is 31.0 Å². The molecule has 0 bridgehead atoms. The maximum absolute atomic E-state index is 12.0. The van der Waals surface area contributed by atoms with Crippen LogP contribution in [0.2, 0.25) is 0 Å². The number of sulfone groups is 1. The lowest BCUT2D eigenvalue weighted by atomic mass is 10.2. The van der Waals surface area contributed by atoms with Crippen molar-refractivity contribution >= 4 is 47.6 Å². The van der Waals surface area contributed by atoms with Gasteiger partial charge in [-0.25, -0.2) is 8.42 Å². The smallest absolute Gasteiger partial charge is 0.251 e. The predicted octanol–water partition coefficient (Wildman–Crippen LogP) is 2.52. The molecule has 1 unspecified atom stereocenters. The molecule has 1 heterocycles. The van der Waals surface area contributed by atoms with Gasteiger partial charge in [-0.2, -0.15) is 0 Å². The van der Waals surface area contributed by atoms with E-state index in [-0.39, 0.29) is 18.2 Å². The van der Waals surface area contributed by atoms with Crippen LogP contribution in [0.5, 0.6) is 0 Å². The molecule has 1 aromatic carbocycles. The number of amides is 1. The van der Waals surface area contributed by atoms with Gasteiger partial charge < -0.3 is 5.32 Å². The van der Waals surface area contributed by atoms with Gasteiger partial charge in [0.05, 0.1) is 11.0 Å². The minimum atomic E-state index is -3.01. The van der Waals surface area contributed by atoms with E-state index in [0.717, 1.165) is 8.95 Å². The number of rotatable bonds is 3. The van der Waals surface area contributed by atoms with Gasteiger partial charge in [0.2, 0.25) is 0 Å². The first-order chi connectivity index (χ1) is 8.88. The van der Waals surface area contributed by atoms with Crippen LogP contribution in [0.25, 0.3) is 0 Å². The van der Waals surface area contributed by atoms with E-state index in [9.17, 15) is 13.2 Å². The van der Waals surface area contributed by atoms with E-state index in [1.807, 2.05) is 6.07 Å². The van der Waals surface area contributed by atoms with Gasteiger partial charge in [0.15, 0.2) is 9.84 Å². The van der Waals surface area contributed by atoms with E-state index in [0.29, 0.717) is 18.4 Å². The Morgan fingerprint density at radius 1 is 1.26 bits per heavy atom. The summed E-state index contributed by atoms with van der Waals surface area (Å²) in [6.07, 6.45) is 1.32. The summed E-state index contributed by atoms with van der Waals surface area (Å²) in [5, 5.41) is 2.25. The number of halogens is 2. The molecule has 1 atom stereocenters. The topological polar surface area (TPSA) is 63.2 Å². The predicted molar refractivity (Wildman–Crippen MR) is 81.0 cm³/mol. The minimum absolute atomic E-state index is 0.186. The quantitative estimate of drug-likeness (QED) is 0.832. The first kappa shape index (κ1) is 15.0. The monoisotopic (exact) mass is 409 g/mol. The number of hydrogen-bond donors (Lipinski definition) is 1. The fourth-order valence-electron chi connectivity index (χ4n) is 2.08. The molecule has 1 N–H and O–H groups in total. The lowest BCUT2D eigenvalue weighted by Crippen LogP contribution is -2.34. The third-order valence-electron chi connectivity index (χ3n) is 3.08. The molecule has 0 aliphatic carbocycles. The van der Waals surface area contributed by atoms with Gasteiger partial charge in [-0.15, -0.1) is 0 Å². The van der Waals surface area contributed by atoms with Crippen molar-refractivity contribution in [2.24, 2.45) is 0 Å². The van der Waals surface area contributed by atoms with Gasteiger partial charge in [0.25, 0.3) is 5.91 Å². The van der Waals surface area contributed by atoms with E-state index < -0.39 is 15.1 Å². The fourth-order valence-corrected chi connectivity index (χ4v) is 5.14. The zero-order valence-electron chi connectivity index (χ0n) is 10.0. The average molecular weight is 411 g/mol. The molecule has 19 heavy (non-hydrogen) atoms. The van der Waals surface area contributed by atoms with Gasteiger partial charge in [-0.3, -0.25) is 4.79 Å². The maximum atomic E-state index is 12.0. The second-order valence-corrected chi connectivity index (χ2v) is 8.73. The van der Waals surface area contributed by atoms with Crippen LogP contribution in [0, 0.1) is 0 Å². The molecule has 1 aromatic rings. The molecule has 1 fully saturated rings. The molecule has 1 aliphatic rings. The van der Waals surface area contributed by atoms with Crippen molar-refractivity contribution in [3.63, 3.8) is 0 Å². The van der Waals surface area contributed by atoms with E-state index in [4.69, 9.17) is 0 Å². The highest BCUT2D eigenvalue weighted by atomic mass is 79.9. The van der Waals surface area contributed by atoms with E-state index in [2.05, 4.69) is 37.2 Å². The number of carbonyl (C=O) groups is 1. The Morgan fingerprint density at radius 2 is 1.89 bits per heavy atom. The molecule has 0 saturated carbocycles. The molecule has 0 spiro atoms. The highest BCUT2D eigenvalue weighted by Gasteiger charge is 2.31. The van der Waals surface area contributed by atoms with Crippen molar-refractivity contribution < 1.29 is 13.2 Å². The Morgan fingerprint density at radius 3 is 2.42 bits per heavy atom. The summed E-state index contributed by atoms with van der Waals surface area (Å²) in [6, 6.07) is 5.23. The molecule has 1 amide bonds. The molecule has 104 valence electrons. The van der Waals surface area contributed by atoms with Crippen LogP contribution in [0.1, 0.15) is 23.2 Å². The zero-order chi connectivity index (χ0) is 14.0. The highest BCUT2D eigenvalue weighted by Crippen LogP contribution is 2.21. The fraction of sp³-hybridized carbons (Fsp3) is 0.417. The van der Waals surface area contributed by atoms with Gasteiger partial charge in [0, 0.05) is 21.1 Å². The standard InChI is InChI=1S/C12H13Br2NO3S/c13-9-4-8(5-10(14)6-9)12(16)15-7-11-2-1-3-19(11,17)18/h4-6,11H,1-3,7H2,(H,15,16). The van der Waals surface area contributed by atoms with Crippen LogP contribution in [0.4, 0.5) is 0 Å². The number of hydrogen-bond acceptors (Lipinski definition) is 3. The average Bonchev–Trinajstić information content (AvgIpc) is 2.64. The van der Waals surface area contributed by atoms with E-state index >= 15 is 0 Å². The van der Waals surface area contributed by atoms with Crippen LogP contribution >= 0.6 is 31.9 Å². The third kappa shape index (κ3) is 3.79. The first-order valence-electron chi connectivity index (χ1n) is 5.84. The summed E-state index contributed by atoms with van der Waals surface area (Å²) in [6.45, 7) is 0.186. The third-order valence-corrected chi connectivity index (χ3v) is 6.27. The first-order valence-corrected chi connectivity index (χ1v) is 9.14. The molecule has 7 heteroatoms. The Bertz CT molecular complexity index is 581. The van der Waals surface area contributed by atoms with Crippen LogP contribution in [0.15, 0.2) is 27.1 Å². The van der Waals surface area contributed by atoms with Gasteiger partial charge >= 0.3 is 0 Å². The highest BCUT2D eigenvalue weighted by molar-refractivity contribution is 9.11. The molecular formula is C12H13Br2NO3S. The van der Waals surface area contributed by atoms with Crippen LogP contribution in [0.3, 0.4) is 0 Å². The van der Waals surface area contributed by atoms with E-state index in [1.165, 1.54) is 0 Å². The molecular weight excluding hydrogens is 398 g/mol. The number of nitrogens with one attached hydrogen (secondary N) is 1.